The van der Waals surface area contributed by atoms with Gasteiger partial charge >= 0.3 is 5.97 Å². The summed E-state index contributed by atoms with van der Waals surface area (Å²) < 4.78 is 33.4. The lowest BCUT2D eigenvalue weighted by Gasteiger charge is -2.35. The molecule has 10 heteroatoms. The van der Waals surface area contributed by atoms with Gasteiger partial charge in [-0.05, 0) is 68.1 Å². The number of nitrogens with one attached hydrogen (secondary N) is 1. The fraction of sp³-hybridized carbons (Fsp3) is 0.406. The fourth-order valence-electron chi connectivity index (χ4n) is 6.29. The number of fused-ring (bicyclic) bond motifs is 2. The Hall–Kier alpha value is -4.02. The maximum atomic E-state index is 14.4. The SMILES string of the molecule is COC(=O)c1ccc2nc(CN3CCC(c4cccc5c4OCC(c4ccccc4F)N5)CC3)n(C[C@@H]3CCO3)c2n1. The maximum absolute atomic E-state index is 14.4. The number of hydrogen-bond donors (Lipinski definition) is 1. The van der Waals surface area contributed by atoms with Crippen molar-refractivity contribution in [2.24, 2.45) is 0 Å². The van der Waals surface area contributed by atoms with Crippen molar-refractivity contribution in [1.29, 1.82) is 0 Å². The molecule has 4 aromatic rings. The van der Waals surface area contributed by atoms with E-state index in [0.29, 0.717) is 36.8 Å². The van der Waals surface area contributed by atoms with E-state index in [1.807, 2.05) is 24.3 Å². The Morgan fingerprint density at radius 1 is 1.05 bits per heavy atom. The number of esters is 1. The van der Waals surface area contributed by atoms with Gasteiger partial charge in [0.05, 0.1) is 38.0 Å². The standard InChI is InChI=1S/C32H34FN5O4/c1-40-32(39)27-10-9-26-31(36-27)38(17-21-13-16-41-21)29(35-26)18-37-14-11-20(12-15-37)22-6-4-8-25-30(22)42-19-28(34-25)23-5-2-3-7-24(23)33/h2-10,20-21,28,34H,11-19H2,1H3/t21-,28?/m0/s1. The molecule has 0 amide bonds. The summed E-state index contributed by atoms with van der Waals surface area (Å²) in [5, 5.41) is 3.50. The molecule has 7 rings (SSSR count). The largest absolute Gasteiger partial charge is 0.489 e. The number of piperidine rings is 1. The van der Waals surface area contributed by atoms with Gasteiger partial charge in [0.15, 0.2) is 11.3 Å². The molecule has 2 saturated heterocycles. The molecule has 1 unspecified atom stereocenters. The van der Waals surface area contributed by atoms with Crippen LogP contribution in [0.2, 0.25) is 0 Å². The van der Waals surface area contributed by atoms with E-state index in [1.165, 1.54) is 18.7 Å². The zero-order valence-corrected chi connectivity index (χ0v) is 23.6. The molecular formula is C32H34FN5O4. The molecule has 3 aliphatic heterocycles. The summed E-state index contributed by atoms with van der Waals surface area (Å²) in [7, 11) is 1.36. The highest BCUT2D eigenvalue weighted by atomic mass is 19.1. The van der Waals surface area contributed by atoms with Crippen LogP contribution >= 0.6 is 0 Å². The minimum Gasteiger partial charge on any atom is -0.489 e. The molecule has 42 heavy (non-hydrogen) atoms. The van der Waals surface area contributed by atoms with Crippen molar-refractivity contribution in [2.45, 2.75) is 50.4 Å². The number of rotatable bonds is 7. The van der Waals surface area contributed by atoms with Crippen molar-refractivity contribution in [2.75, 3.05) is 38.7 Å². The Morgan fingerprint density at radius 2 is 1.86 bits per heavy atom. The van der Waals surface area contributed by atoms with Gasteiger partial charge in [-0.15, -0.1) is 0 Å². The molecule has 0 bridgehead atoms. The topological polar surface area (TPSA) is 90.7 Å². The van der Waals surface area contributed by atoms with Crippen molar-refractivity contribution in [3.63, 3.8) is 0 Å². The van der Waals surface area contributed by atoms with Crippen LogP contribution in [0.4, 0.5) is 10.1 Å². The second-order valence-corrected chi connectivity index (χ2v) is 11.3. The molecule has 0 saturated carbocycles. The number of halogens is 1. The smallest absolute Gasteiger partial charge is 0.356 e. The molecule has 3 aliphatic rings. The average Bonchev–Trinajstić information content (AvgIpc) is 3.34. The first-order valence-corrected chi connectivity index (χ1v) is 14.6. The summed E-state index contributed by atoms with van der Waals surface area (Å²) in [4.78, 5) is 24.1. The fourth-order valence-corrected chi connectivity index (χ4v) is 6.29. The van der Waals surface area contributed by atoms with E-state index in [2.05, 4.69) is 31.9 Å². The highest BCUT2D eigenvalue weighted by Gasteiger charge is 2.30. The summed E-state index contributed by atoms with van der Waals surface area (Å²) in [5.41, 5.74) is 4.47. The van der Waals surface area contributed by atoms with Crippen LogP contribution in [0.1, 0.15) is 58.7 Å². The van der Waals surface area contributed by atoms with Gasteiger partial charge in [-0.3, -0.25) is 4.90 Å². The van der Waals surface area contributed by atoms with Crippen molar-refractivity contribution >= 4 is 22.8 Å². The van der Waals surface area contributed by atoms with E-state index in [0.717, 1.165) is 61.7 Å². The highest BCUT2D eigenvalue weighted by molar-refractivity contribution is 5.89. The van der Waals surface area contributed by atoms with Crippen LogP contribution in [0.5, 0.6) is 5.75 Å². The van der Waals surface area contributed by atoms with Crippen LogP contribution in [0.3, 0.4) is 0 Å². The summed E-state index contributed by atoms with van der Waals surface area (Å²) >= 11 is 0. The molecular weight excluding hydrogens is 537 g/mol. The Balaban J connectivity index is 1.06. The van der Waals surface area contributed by atoms with Crippen molar-refractivity contribution in [3.05, 3.63) is 83.1 Å². The number of nitrogens with zero attached hydrogens (tertiary/aromatic N) is 4. The lowest BCUT2D eigenvalue weighted by Crippen LogP contribution is -2.35. The highest BCUT2D eigenvalue weighted by Crippen LogP contribution is 2.43. The first-order chi connectivity index (χ1) is 20.6. The molecule has 0 spiro atoms. The van der Waals surface area contributed by atoms with Crippen LogP contribution in [-0.2, 0) is 22.6 Å². The van der Waals surface area contributed by atoms with Crippen LogP contribution in [0.15, 0.2) is 54.6 Å². The lowest BCUT2D eigenvalue weighted by molar-refractivity contribution is -0.0593. The number of imidazole rings is 1. The number of benzene rings is 2. The minimum atomic E-state index is -0.460. The average molecular weight is 572 g/mol. The normalized spacial score (nSPS) is 20.8. The van der Waals surface area contributed by atoms with E-state index in [-0.39, 0.29) is 23.7 Å². The number of aromatic nitrogens is 3. The number of carbonyl (C=O) groups is 1. The Kier molecular flexibility index (Phi) is 7.25. The van der Waals surface area contributed by atoms with Gasteiger partial charge in [0.2, 0.25) is 0 Å². The van der Waals surface area contributed by atoms with Gasteiger partial charge in [0, 0.05) is 12.2 Å². The third-order valence-electron chi connectivity index (χ3n) is 8.69. The monoisotopic (exact) mass is 571 g/mol. The van der Waals surface area contributed by atoms with Crippen LogP contribution in [0, 0.1) is 5.82 Å². The molecule has 218 valence electrons. The molecule has 2 atom stereocenters. The Labute approximate surface area is 243 Å². The second-order valence-electron chi connectivity index (χ2n) is 11.3. The first kappa shape index (κ1) is 26.9. The predicted molar refractivity (Wildman–Crippen MR) is 155 cm³/mol. The van der Waals surface area contributed by atoms with E-state index >= 15 is 0 Å². The molecule has 2 aromatic carbocycles. The number of methoxy groups -OCH3 is 1. The number of ether oxygens (including phenoxy) is 3. The van der Waals surface area contributed by atoms with E-state index in [1.54, 1.807) is 12.1 Å². The first-order valence-electron chi connectivity index (χ1n) is 14.6. The molecule has 5 heterocycles. The van der Waals surface area contributed by atoms with Gasteiger partial charge in [0.25, 0.3) is 0 Å². The molecule has 0 radical (unpaired) electrons. The molecule has 9 nitrogen and oxygen atoms in total. The Bertz CT molecular complexity index is 1610. The Morgan fingerprint density at radius 3 is 2.62 bits per heavy atom. The second kappa shape index (κ2) is 11.3. The summed E-state index contributed by atoms with van der Waals surface area (Å²) in [6.45, 7) is 4.35. The van der Waals surface area contributed by atoms with Crippen LogP contribution < -0.4 is 10.1 Å². The number of pyridine rings is 1. The van der Waals surface area contributed by atoms with E-state index in [4.69, 9.17) is 19.2 Å². The third kappa shape index (κ3) is 5.09. The zero-order valence-electron chi connectivity index (χ0n) is 23.6. The summed E-state index contributed by atoms with van der Waals surface area (Å²) in [6.07, 6.45) is 3.12. The summed E-state index contributed by atoms with van der Waals surface area (Å²) in [5.74, 6) is 1.50. The maximum Gasteiger partial charge on any atom is 0.356 e. The number of carbonyl (C=O) groups excluding carboxylic acids is 1. The van der Waals surface area contributed by atoms with E-state index in [9.17, 15) is 9.18 Å². The minimum absolute atomic E-state index is 0.131. The van der Waals surface area contributed by atoms with Crippen molar-refractivity contribution < 1.29 is 23.4 Å². The third-order valence-corrected chi connectivity index (χ3v) is 8.69. The van der Waals surface area contributed by atoms with Gasteiger partial charge in [-0.25, -0.2) is 19.2 Å². The molecule has 0 aliphatic carbocycles. The lowest BCUT2D eigenvalue weighted by atomic mass is 9.88. The van der Waals surface area contributed by atoms with Gasteiger partial charge in [-0.2, -0.15) is 0 Å². The van der Waals surface area contributed by atoms with Gasteiger partial charge < -0.3 is 24.1 Å². The number of likely N-dealkylation sites (tertiary alicyclic amines) is 1. The summed E-state index contributed by atoms with van der Waals surface area (Å²) in [6, 6.07) is 16.4. The predicted octanol–water partition coefficient (Wildman–Crippen LogP) is 5.07. The van der Waals surface area contributed by atoms with Crippen LogP contribution in [-0.4, -0.2) is 64.9 Å². The van der Waals surface area contributed by atoms with Gasteiger partial charge in [0.1, 0.15) is 29.5 Å². The number of para-hydroxylation sites is 1. The van der Waals surface area contributed by atoms with Crippen molar-refractivity contribution in [1.82, 2.24) is 19.4 Å². The number of hydrogen-bond acceptors (Lipinski definition) is 8. The van der Waals surface area contributed by atoms with Crippen LogP contribution in [0.25, 0.3) is 11.2 Å². The zero-order chi connectivity index (χ0) is 28.6. The molecule has 2 fully saturated rings. The molecule has 1 N–H and O–H groups in total. The number of anilines is 1. The van der Waals surface area contributed by atoms with Crippen molar-refractivity contribution in [3.8, 4) is 5.75 Å². The molecule has 2 aromatic heterocycles. The quantitative estimate of drug-likeness (QED) is 0.308. The van der Waals surface area contributed by atoms with E-state index < -0.39 is 5.97 Å². The van der Waals surface area contributed by atoms with Gasteiger partial charge in [-0.1, -0.05) is 30.3 Å².